The number of benzene rings is 2. The largest absolute Gasteiger partial charge is 0.481 e. The van der Waals surface area contributed by atoms with Crippen LogP contribution in [0.25, 0.3) is 10.4 Å². The average molecular weight is 413 g/mol. The van der Waals surface area contributed by atoms with Crippen LogP contribution in [0.1, 0.15) is 42.0 Å². The summed E-state index contributed by atoms with van der Waals surface area (Å²) in [5.74, 6) is -1.17. The number of halogens is 1. The Balaban J connectivity index is 0.000000162. The van der Waals surface area contributed by atoms with Gasteiger partial charge in [-0.1, -0.05) is 55.8 Å². The van der Waals surface area contributed by atoms with Gasteiger partial charge in [0.1, 0.15) is 0 Å². The van der Waals surface area contributed by atoms with Crippen molar-refractivity contribution in [2.75, 3.05) is 0 Å². The summed E-state index contributed by atoms with van der Waals surface area (Å²) in [6, 6.07) is 16.4. The second-order valence-corrected chi connectivity index (χ2v) is 8.85. The summed E-state index contributed by atoms with van der Waals surface area (Å²) in [7, 11) is 0. The molecule has 146 valence electrons. The quantitative estimate of drug-likeness (QED) is 0.503. The molecule has 1 aliphatic rings. The van der Waals surface area contributed by atoms with Crippen LogP contribution in [0.2, 0.25) is 5.02 Å². The van der Waals surface area contributed by atoms with Crippen molar-refractivity contribution in [1.29, 1.82) is 0 Å². The number of carboxylic acid groups (broad SMARTS) is 1. The molecular formula is C24H25ClO2S. The van der Waals surface area contributed by atoms with Gasteiger partial charge in [-0.05, 0) is 77.1 Å². The molecule has 28 heavy (non-hydrogen) atoms. The SMILES string of the molecule is Cc1cc(Cl)ccc1C(C(=O)O)C(C)C.c1ccc2c(c1)CCc1ccsc1-2. The van der Waals surface area contributed by atoms with Gasteiger partial charge in [-0.15, -0.1) is 11.3 Å². The Morgan fingerprint density at radius 3 is 2.46 bits per heavy atom. The predicted molar refractivity (Wildman–Crippen MR) is 119 cm³/mol. The summed E-state index contributed by atoms with van der Waals surface area (Å²) < 4.78 is 0. The van der Waals surface area contributed by atoms with Gasteiger partial charge in [-0.2, -0.15) is 0 Å². The lowest BCUT2D eigenvalue weighted by atomic mass is 9.86. The van der Waals surface area contributed by atoms with Crippen LogP contribution >= 0.6 is 22.9 Å². The van der Waals surface area contributed by atoms with Gasteiger partial charge in [0.25, 0.3) is 0 Å². The number of carboxylic acids is 1. The van der Waals surface area contributed by atoms with E-state index in [2.05, 4.69) is 35.7 Å². The summed E-state index contributed by atoms with van der Waals surface area (Å²) >= 11 is 7.70. The van der Waals surface area contributed by atoms with E-state index >= 15 is 0 Å². The minimum Gasteiger partial charge on any atom is -0.481 e. The number of hydrogen-bond acceptors (Lipinski definition) is 2. The zero-order valence-corrected chi connectivity index (χ0v) is 18.0. The van der Waals surface area contributed by atoms with Gasteiger partial charge in [0.05, 0.1) is 5.92 Å². The maximum absolute atomic E-state index is 11.1. The summed E-state index contributed by atoms with van der Waals surface area (Å²) in [5.41, 5.74) is 6.28. The molecule has 0 bridgehead atoms. The number of carbonyl (C=O) groups is 1. The van der Waals surface area contributed by atoms with E-state index in [0.29, 0.717) is 5.02 Å². The first-order chi connectivity index (χ1) is 13.4. The first-order valence-corrected chi connectivity index (χ1v) is 10.8. The standard InChI is InChI=1S/C12H15ClO2.C12H10S/c1-7(2)11(12(14)15)10-5-4-9(13)6-8(10)3;1-2-4-11-9(3-1)5-6-10-7-8-13-12(10)11/h4-7,11H,1-3H3,(H,14,15);1-4,7-8H,5-6H2. The molecule has 0 aliphatic heterocycles. The second kappa shape index (κ2) is 8.93. The Morgan fingerprint density at radius 1 is 1.07 bits per heavy atom. The molecular weight excluding hydrogens is 388 g/mol. The summed E-state index contributed by atoms with van der Waals surface area (Å²) in [6.07, 6.45) is 2.43. The molecule has 0 radical (unpaired) electrons. The molecule has 1 unspecified atom stereocenters. The lowest BCUT2D eigenvalue weighted by Crippen LogP contribution is -2.18. The molecule has 1 N–H and O–H groups in total. The minimum atomic E-state index is -0.782. The Morgan fingerprint density at radius 2 is 1.79 bits per heavy atom. The van der Waals surface area contributed by atoms with Crippen molar-refractivity contribution < 1.29 is 9.90 Å². The molecule has 2 aromatic carbocycles. The highest BCUT2D eigenvalue weighted by Gasteiger charge is 2.24. The van der Waals surface area contributed by atoms with Crippen LogP contribution in [0.4, 0.5) is 0 Å². The molecule has 0 amide bonds. The normalized spacial score (nSPS) is 13.2. The summed E-state index contributed by atoms with van der Waals surface area (Å²) in [6.45, 7) is 5.71. The van der Waals surface area contributed by atoms with Crippen molar-refractivity contribution in [2.45, 2.75) is 39.5 Å². The van der Waals surface area contributed by atoms with Crippen molar-refractivity contribution in [1.82, 2.24) is 0 Å². The molecule has 1 aliphatic carbocycles. The highest BCUT2D eigenvalue weighted by atomic mass is 35.5. The zero-order valence-electron chi connectivity index (χ0n) is 16.4. The van der Waals surface area contributed by atoms with Gasteiger partial charge in [0.2, 0.25) is 0 Å². The van der Waals surface area contributed by atoms with Crippen LogP contribution in [-0.4, -0.2) is 11.1 Å². The number of thiophene rings is 1. The third-order valence-corrected chi connectivity index (χ3v) is 6.40. The molecule has 4 heteroatoms. The smallest absolute Gasteiger partial charge is 0.311 e. The van der Waals surface area contributed by atoms with Crippen molar-refractivity contribution in [3.8, 4) is 10.4 Å². The van der Waals surface area contributed by atoms with E-state index in [9.17, 15) is 4.79 Å². The van der Waals surface area contributed by atoms with Gasteiger partial charge in [0, 0.05) is 9.90 Å². The fraction of sp³-hybridized carbons (Fsp3) is 0.292. The highest BCUT2D eigenvalue weighted by molar-refractivity contribution is 7.13. The minimum absolute atomic E-state index is 0.0716. The van der Waals surface area contributed by atoms with Gasteiger partial charge < -0.3 is 5.11 Å². The van der Waals surface area contributed by atoms with Crippen molar-refractivity contribution in [3.05, 3.63) is 81.2 Å². The molecule has 4 rings (SSSR count). The number of aliphatic carboxylic acids is 1. The van der Waals surface area contributed by atoms with E-state index < -0.39 is 11.9 Å². The number of hydrogen-bond donors (Lipinski definition) is 1. The van der Waals surface area contributed by atoms with Crippen LogP contribution in [0.15, 0.2) is 53.9 Å². The Bertz CT molecular complexity index is 974. The topological polar surface area (TPSA) is 37.3 Å². The van der Waals surface area contributed by atoms with Crippen molar-refractivity contribution in [3.63, 3.8) is 0 Å². The van der Waals surface area contributed by atoms with E-state index in [4.69, 9.17) is 16.7 Å². The molecule has 1 atom stereocenters. The summed E-state index contributed by atoms with van der Waals surface area (Å²) in [5, 5.41) is 12.0. The molecule has 1 aromatic heterocycles. The fourth-order valence-electron chi connectivity index (χ4n) is 3.76. The second-order valence-electron chi connectivity index (χ2n) is 7.49. The maximum atomic E-state index is 11.1. The van der Waals surface area contributed by atoms with E-state index in [0.717, 1.165) is 11.1 Å². The summed E-state index contributed by atoms with van der Waals surface area (Å²) in [4.78, 5) is 12.6. The molecule has 0 saturated carbocycles. The van der Waals surface area contributed by atoms with Crippen molar-refractivity contribution >= 4 is 28.9 Å². The van der Waals surface area contributed by atoms with Gasteiger partial charge in [-0.25, -0.2) is 0 Å². The first kappa shape index (κ1) is 20.6. The number of rotatable bonds is 3. The van der Waals surface area contributed by atoms with Crippen LogP contribution in [0.3, 0.4) is 0 Å². The molecule has 0 saturated heterocycles. The fourth-order valence-corrected chi connectivity index (χ4v) is 5.01. The lowest BCUT2D eigenvalue weighted by molar-refractivity contribution is -0.139. The average Bonchev–Trinajstić information content (AvgIpc) is 3.13. The Labute approximate surface area is 175 Å². The molecule has 0 fully saturated rings. The predicted octanol–water partition coefficient (Wildman–Crippen LogP) is 6.99. The number of aryl methyl sites for hydroxylation is 3. The van der Waals surface area contributed by atoms with E-state index in [1.807, 2.05) is 32.1 Å². The number of fused-ring (bicyclic) bond motifs is 3. The third kappa shape index (κ3) is 4.48. The van der Waals surface area contributed by atoms with Gasteiger partial charge in [0.15, 0.2) is 0 Å². The molecule has 3 aromatic rings. The van der Waals surface area contributed by atoms with Crippen LogP contribution in [0.5, 0.6) is 0 Å². The Kier molecular flexibility index (Phi) is 6.58. The van der Waals surface area contributed by atoms with Crippen LogP contribution in [-0.2, 0) is 17.6 Å². The first-order valence-electron chi connectivity index (χ1n) is 9.52. The highest BCUT2D eigenvalue weighted by Crippen LogP contribution is 2.37. The maximum Gasteiger partial charge on any atom is 0.311 e. The third-order valence-electron chi connectivity index (χ3n) is 5.17. The van der Waals surface area contributed by atoms with E-state index in [1.54, 1.807) is 18.2 Å². The van der Waals surface area contributed by atoms with E-state index in [1.165, 1.54) is 34.4 Å². The van der Waals surface area contributed by atoms with E-state index in [-0.39, 0.29) is 5.92 Å². The monoisotopic (exact) mass is 412 g/mol. The van der Waals surface area contributed by atoms with Gasteiger partial charge in [-0.3, -0.25) is 4.79 Å². The zero-order chi connectivity index (χ0) is 20.3. The van der Waals surface area contributed by atoms with Crippen LogP contribution in [0, 0.1) is 12.8 Å². The van der Waals surface area contributed by atoms with Gasteiger partial charge >= 0.3 is 5.97 Å². The van der Waals surface area contributed by atoms with Crippen molar-refractivity contribution in [2.24, 2.45) is 5.92 Å². The molecule has 2 nitrogen and oxygen atoms in total. The molecule has 1 heterocycles. The molecule has 0 spiro atoms. The van der Waals surface area contributed by atoms with Crippen LogP contribution < -0.4 is 0 Å². The lowest BCUT2D eigenvalue weighted by Gasteiger charge is -2.18. The Hall–Kier alpha value is -2.10.